The second-order valence-corrected chi connectivity index (χ2v) is 5.02. The van der Waals surface area contributed by atoms with Crippen LogP contribution in [-0.4, -0.2) is 5.78 Å². The topological polar surface area (TPSA) is 17.1 Å². The summed E-state index contributed by atoms with van der Waals surface area (Å²) in [5, 5.41) is 0. The third-order valence-corrected chi connectivity index (χ3v) is 4.02. The van der Waals surface area contributed by atoms with E-state index < -0.39 is 0 Å². The zero-order valence-corrected chi connectivity index (χ0v) is 9.12. The van der Waals surface area contributed by atoms with Gasteiger partial charge in [0.05, 0.1) is 0 Å². The normalized spacial score (nSPS) is 28.7. The number of ketones is 1. The van der Waals surface area contributed by atoms with E-state index in [9.17, 15) is 4.79 Å². The molecule has 1 nitrogen and oxygen atoms in total. The third-order valence-electron chi connectivity index (χ3n) is 4.02. The summed E-state index contributed by atoms with van der Waals surface area (Å²) in [5.74, 6) is 1.70. The van der Waals surface area contributed by atoms with Gasteiger partial charge in [-0.1, -0.05) is 24.1 Å². The molecule has 0 aliphatic heterocycles. The van der Waals surface area contributed by atoms with Gasteiger partial charge in [0.25, 0.3) is 0 Å². The van der Waals surface area contributed by atoms with E-state index in [2.05, 4.69) is 25.1 Å². The molecule has 0 amide bonds. The molecular weight excluding hydrogens is 184 g/mol. The van der Waals surface area contributed by atoms with Crippen molar-refractivity contribution in [2.24, 2.45) is 5.92 Å². The smallest absolute Gasteiger partial charge is 0.163 e. The van der Waals surface area contributed by atoms with E-state index in [0.717, 1.165) is 12.0 Å². The molecule has 2 aliphatic rings. The number of hydrogen-bond donors (Lipinski definition) is 0. The molecule has 78 valence electrons. The summed E-state index contributed by atoms with van der Waals surface area (Å²) in [5.41, 5.74) is 3.55. The number of carbonyl (C=O) groups is 1. The number of rotatable bonds is 0. The third kappa shape index (κ3) is 1.33. The number of carbonyl (C=O) groups excluding carboxylic acids is 1. The van der Waals surface area contributed by atoms with Crippen molar-refractivity contribution < 1.29 is 4.79 Å². The Hall–Kier alpha value is -1.11. The Labute approximate surface area is 90.5 Å². The van der Waals surface area contributed by atoms with Crippen molar-refractivity contribution in [1.82, 2.24) is 0 Å². The summed E-state index contributed by atoms with van der Waals surface area (Å²) in [6.07, 6.45) is 4.63. The fourth-order valence-electron chi connectivity index (χ4n) is 3.27. The highest BCUT2D eigenvalue weighted by Gasteiger charge is 2.36. The van der Waals surface area contributed by atoms with Crippen LogP contribution in [0.25, 0.3) is 0 Å². The van der Waals surface area contributed by atoms with Crippen LogP contribution < -0.4 is 0 Å². The molecule has 0 saturated heterocycles. The molecule has 0 heterocycles. The Bertz CT molecular complexity index is 419. The van der Waals surface area contributed by atoms with Crippen LogP contribution in [0, 0.1) is 12.8 Å². The van der Waals surface area contributed by atoms with Gasteiger partial charge in [0, 0.05) is 12.0 Å². The lowest BCUT2D eigenvalue weighted by Crippen LogP contribution is -2.21. The Morgan fingerprint density at radius 3 is 3.00 bits per heavy atom. The number of benzene rings is 1. The van der Waals surface area contributed by atoms with Gasteiger partial charge in [-0.3, -0.25) is 4.79 Å². The van der Waals surface area contributed by atoms with E-state index in [1.165, 1.54) is 30.4 Å². The van der Waals surface area contributed by atoms with Crippen molar-refractivity contribution in [3.8, 4) is 0 Å². The van der Waals surface area contributed by atoms with E-state index >= 15 is 0 Å². The number of fused-ring (bicyclic) bond motifs is 3. The Morgan fingerprint density at radius 1 is 1.27 bits per heavy atom. The lowest BCUT2D eigenvalue weighted by molar-refractivity contribution is 0.0943. The molecule has 0 unspecified atom stereocenters. The first-order valence-corrected chi connectivity index (χ1v) is 5.89. The maximum absolute atomic E-state index is 12.0. The quantitative estimate of drug-likeness (QED) is 0.626. The van der Waals surface area contributed by atoms with E-state index in [1.54, 1.807) is 0 Å². The summed E-state index contributed by atoms with van der Waals surface area (Å²) in [7, 11) is 0. The second-order valence-electron chi connectivity index (χ2n) is 5.02. The summed E-state index contributed by atoms with van der Waals surface area (Å²) < 4.78 is 0. The molecular formula is C14H16O. The average molecular weight is 200 g/mol. The summed E-state index contributed by atoms with van der Waals surface area (Å²) >= 11 is 0. The average Bonchev–Trinajstić information content (AvgIpc) is 2.66. The van der Waals surface area contributed by atoms with Crippen molar-refractivity contribution in [3.63, 3.8) is 0 Å². The number of Topliss-reactive ketones (excluding diaryl/α,β-unsaturated/α-hetero) is 1. The zero-order valence-electron chi connectivity index (χ0n) is 9.12. The van der Waals surface area contributed by atoms with Gasteiger partial charge in [0.1, 0.15) is 0 Å². The van der Waals surface area contributed by atoms with Crippen LogP contribution in [-0.2, 0) is 0 Å². The highest BCUT2D eigenvalue weighted by Crippen LogP contribution is 2.46. The maximum Gasteiger partial charge on any atom is 0.163 e. The van der Waals surface area contributed by atoms with Crippen molar-refractivity contribution in [1.29, 1.82) is 0 Å². The van der Waals surface area contributed by atoms with Gasteiger partial charge in [-0.2, -0.15) is 0 Å². The van der Waals surface area contributed by atoms with Gasteiger partial charge < -0.3 is 0 Å². The molecule has 0 radical (unpaired) electrons. The second kappa shape index (κ2) is 3.19. The Morgan fingerprint density at radius 2 is 2.13 bits per heavy atom. The molecule has 2 atom stereocenters. The van der Waals surface area contributed by atoms with Crippen LogP contribution in [0.15, 0.2) is 18.2 Å². The molecule has 0 spiro atoms. The van der Waals surface area contributed by atoms with Crippen LogP contribution in [0.1, 0.15) is 53.1 Å². The largest absolute Gasteiger partial charge is 0.294 e. The van der Waals surface area contributed by atoms with Gasteiger partial charge in [0.15, 0.2) is 5.78 Å². The molecule has 2 aliphatic carbocycles. The van der Waals surface area contributed by atoms with E-state index in [1.807, 2.05) is 0 Å². The lowest BCUT2D eigenvalue weighted by Gasteiger charge is -2.27. The van der Waals surface area contributed by atoms with E-state index in [4.69, 9.17) is 0 Å². The molecule has 0 N–H and O–H groups in total. The minimum absolute atomic E-state index is 0.372. The van der Waals surface area contributed by atoms with Gasteiger partial charge >= 0.3 is 0 Å². The molecule has 1 saturated carbocycles. The van der Waals surface area contributed by atoms with Crippen molar-refractivity contribution >= 4 is 5.78 Å². The summed E-state index contributed by atoms with van der Waals surface area (Å²) in [4.78, 5) is 12.0. The minimum Gasteiger partial charge on any atom is -0.294 e. The molecule has 15 heavy (non-hydrogen) atoms. The number of hydrogen-bond acceptors (Lipinski definition) is 1. The fraction of sp³-hybridized carbons (Fsp3) is 0.500. The zero-order chi connectivity index (χ0) is 10.4. The molecule has 0 bridgehead atoms. The van der Waals surface area contributed by atoms with Gasteiger partial charge in [-0.05, 0) is 43.2 Å². The van der Waals surface area contributed by atoms with E-state index in [-0.39, 0.29) is 0 Å². The van der Waals surface area contributed by atoms with Gasteiger partial charge in [-0.25, -0.2) is 0 Å². The van der Waals surface area contributed by atoms with Crippen LogP contribution >= 0.6 is 0 Å². The van der Waals surface area contributed by atoms with Crippen LogP contribution in [0.2, 0.25) is 0 Å². The summed E-state index contributed by atoms with van der Waals surface area (Å²) in [6.45, 7) is 2.06. The van der Waals surface area contributed by atoms with Crippen molar-refractivity contribution in [3.05, 3.63) is 34.9 Å². The highest BCUT2D eigenvalue weighted by atomic mass is 16.1. The highest BCUT2D eigenvalue weighted by molar-refractivity contribution is 5.99. The molecule has 3 rings (SSSR count). The van der Waals surface area contributed by atoms with Crippen LogP contribution in [0.3, 0.4) is 0 Å². The minimum atomic E-state index is 0.372. The van der Waals surface area contributed by atoms with Crippen LogP contribution in [0.5, 0.6) is 0 Å². The first kappa shape index (κ1) is 9.14. The Balaban J connectivity index is 2.14. The molecule has 0 aromatic heterocycles. The molecule has 1 heteroatoms. The fourth-order valence-corrected chi connectivity index (χ4v) is 3.27. The van der Waals surface area contributed by atoms with Crippen molar-refractivity contribution in [2.45, 2.75) is 38.5 Å². The lowest BCUT2D eigenvalue weighted by atomic mass is 9.76. The molecule has 1 aromatic rings. The molecule has 1 aromatic carbocycles. The predicted octanol–water partition coefficient (Wildman–Crippen LogP) is 3.47. The van der Waals surface area contributed by atoms with Crippen molar-refractivity contribution in [2.75, 3.05) is 0 Å². The van der Waals surface area contributed by atoms with E-state index in [0.29, 0.717) is 17.6 Å². The SMILES string of the molecule is Cc1ccc2c(c1)C(=O)C[C@H]1CCC[C@H]21. The van der Waals surface area contributed by atoms with Gasteiger partial charge in [-0.15, -0.1) is 0 Å². The maximum atomic E-state index is 12.0. The van der Waals surface area contributed by atoms with Gasteiger partial charge in [0.2, 0.25) is 0 Å². The first-order chi connectivity index (χ1) is 7.25. The molecule has 1 fully saturated rings. The van der Waals surface area contributed by atoms with Crippen LogP contribution in [0.4, 0.5) is 0 Å². The number of aryl methyl sites for hydroxylation is 1. The first-order valence-electron chi connectivity index (χ1n) is 5.89. The standard InChI is InChI=1S/C14H16O/c1-9-5-6-12-11-4-2-3-10(11)8-14(15)13(12)7-9/h5-7,10-11H,2-4,8H2,1H3/t10-,11+/m1/s1. The monoisotopic (exact) mass is 200 g/mol. The summed E-state index contributed by atoms with van der Waals surface area (Å²) in [6, 6.07) is 6.41. The Kier molecular flexibility index (Phi) is 1.95. The predicted molar refractivity (Wildman–Crippen MR) is 60.2 cm³/mol.